The molecule has 7 nitrogen and oxygen atoms in total. The van der Waals surface area contributed by atoms with E-state index in [1.54, 1.807) is 20.8 Å². The third-order valence-corrected chi connectivity index (χ3v) is 11.2. The maximum atomic E-state index is 12.7. The molecule has 0 rings (SSSR count). The van der Waals surface area contributed by atoms with Crippen molar-refractivity contribution in [1.82, 2.24) is 0 Å². The van der Waals surface area contributed by atoms with Gasteiger partial charge in [-0.2, -0.15) is 26.3 Å². The first-order chi connectivity index (χ1) is 12.5. The molecule has 0 radical (unpaired) electrons. The van der Waals surface area contributed by atoms with Crippen molar-refractivity contribution in [2.24, 2.45) is 0 Å². The molecule has 0 amide bonds. The van der Waals surface area contributed by atoms with Gasteiger partial charge in [-0.05, 0) is 33.6 Å². The fourth-order valence-corrected chi connectivity index (χ4v) is 8.44. The highest BCUT2D eigenvalue weighted by molar-refractivity contribution is 8.09. The van der Waals surface area contributed by atoms with Gasteiger partial charge in [-0.15, -0.1) is 0 Å². The third-order valence-electron chi connectivity index (χ3n) is 3.35. The van der Waals surface area contributed by atoms with E-state index < -0.39 is 56.9 Å². The zero-order valence-corrected chi connectivity index (χ0v) is 17.9. The first-order valence-corrected chi connectivity index (χ1v) is 13.1. The highest BCUT2D eigenvalue weighted by atomic mass is 32.3. The first kappa shape index (κ1) is 27.6. The Balaban J connectivity index is 5.83. The highest BCUT2D eigenvalue weighted by Gasteiger charge is 2.62. The molecule has 0 aliphatic heterocycles. The fraction of sp³-hybridized carbons (Fsp3) is 1.00. The van der Waals surface area contributed by atoms with Gasteiger partial charge < -0.3 is 13.3 Å². The Hall–Kier alpha value is -0.423. The summed E-state index contributed by atoms with van der Waals surface area (Å²) in [5.74, 6) is 0. The number of alkyl halides is 6. The molecule has 0 bridgehead atoms. The Morgan fingerprint density at radius 1 is 0.750 bits per heavy atom. The molecule has 0 unspecified atom stereocenters. The second-order valence-electron chi connectivity index (χ2n) is 5.29. The van der Waals surface area contributed by atoms with Crippen molar-refractivity contribution >= 4 is 28.5 Å². The number of halogens is 6. The molecule has 0 atom stereocenters. The number of hydrogen-bond donors (Lipinski definition) is 0. The molecule has 0 saturated heterocycles. The molecule has 0 aromatic rings. The molecule has 0 spiro atoms. The Labute approximate surface area is 160 Å². The van der Waals surface area contributed by atoms with E-state index in [1.165, 1.54) is 0 Å². The molecule has 0 N–H and O–H groups in total. The molecule has 28 heavy (non-hydrogen) atoms. The summed E-state index contributed by atoms with van der Waals surface area (Å²) in [5.41, 5.74) is -12.4. The predicted molar refractivity (Wildman–Crippen MR) is 88.4 cm³/mol. The van der Waals surface area contributed by atoms with Gasteiger partial charge in [0.15, 0.2) is 4.58 Å². The molecule has 0 aromatic carbocycles. The van der Waals surface area contributed by atoms with Crippen molar-refractivity contribution in [2.45, 2.75) is 55.3 Å². The molecular formula is C12H22F6O7S2Si. The monoisotopic (exact) mass is 484 g/mol. The van der Waals surface area contributed by atoms with Crippen LogP contribution in [0.1, 0.15) is 33.6 Å². The van der Waals surface area contributed by atoms with Crippen LogP contribution in [0.15, 0.2) is 0 Å². The summed E-state index contributed by atoms with van der Waals surface area (Å²) in [4.78, 5) is 0. The van der Waals surface area contributed by atoms with Gasteiger partial charge in [-0.3, -0.25) is 0 Å². The molecule has 0 fully saturated rings. The van der Waals surface area contributed by atoms with E-state index in [-0.39, 0.29) is 25.9 Å². The normalized spacial score (nSPS) is 14.6. The van der Waals surface area contributed by atoms with Crippen molar-refractivity contribution in [3.8, 4) is 0 Å². The van der Waals surface area contributed by atoms with E-state index in [0.717, 1.165) is 0 Å². The van der Waals surface area contributed by atoms with E-state index in [2.05, 4.69) is 0 Å². The molecule has 170 valence electrons. The van der Waals surface area contributed by atoms with E-state index in [9.17, 15) is 43.2 Å². The minimum Gasteiger partial charge on any atom is -0.374 e. The largest absolute Gasteiger partial charge is 0.500 e. The van der Waals surface area contributed by atoms with Gasteiger partial charge in [-0.1, -0.05) is 0 Å². The van der Waals surface area contributed by atoms with Gasteiger partial charge in [0.25, 0.3) is 19.7 Å². The van der Waals surface area contributed by atoms with Crippen LogP contribution >= 0.6 is 0 Å². The fourth-order valence-electron chi connectivity index (χ4n) is 2.26. The van der Waals surface area contributed by atoms with Crippen LogP contribution in [0.25, 0.3) is 0 Å². The van der Waals surface area contributed by atoms with Gasteiger partial charge in [-0.25, -0.2) is 16.8 Å². The molecule has 0 aliphatic rings. The van der Waals surface area contributed by atoms with Crippen molar-refractivity contribution in [3.63, 3.8) is 0 Å². The van der Waals surface area contributed by atoms with Crippen LogP contribution in [-0.4, -0.2) is 61.1 Å². The lowest BCUT2D eigenvalue weighted by Gasteiger charge is -2.29. The zero-order valence-electron chi connectivity index (χ0n) is 15.3. The SMILES string of the molecule is CCO[Si](CCCC(S(=O)(=O)C(F)(F)F)S(=O)(=O)C(F)(F)F)(OCC)OCC. The minimum atomic E-state index is -6.65. The predicted octanol–water partition coefficient (Wildman–Crippen LogP) is 3.01. The van der Waals surface area contributed by atoms with Crippen molar-refractivity contribution < 1.29 is 56.5 Å². The third kappa shape index (κ3) is 6.55. The Morgan fingerprint density at radius 3 is 1.32 bits per heavy atom. The molecule has 16 heteroatoms. The topological polar surface area (TPSA) is 96.0 Å². The minimum absolute atomic E-state index is 0.0529. The Kier molecular flexibility index (Phi) is 9.91. The smallest absolute Gasteiger partial charge is 0.374 e. The summed E-state index contributed by atoms with van der Waals surface area (Å²) in [6.07, 6.45) is -2.13. The zero-order chi connectivity index (χ0) is 22.4. The van der Waals surface area contributed by atoms with Gasteiger partial charge in [0, 0.05) is 25.9 Å². The summed E-state index contributed by atoms with van der Waals surface area (Å²) in [7, 11) is -16.8. The number of rotatable bonds is 12. The summed E-state index contributed by atoms with van der Waals surface area (Å²) in [6.45, 7) is 4.80. The maximum Gasteiger partial charge on any atom is 0.500 e. The lowest BCUT2D eigenvalue weighted by Crippen LogP contribution is -2.47. The first-order valence-electron chi connectivity index (χ1n) is 8.04. The second kappa shape index (κ2) is 10.1. The highest BCUT2D eigenvalue weighted by Crippen LogP contribution is 2.38. The lowest BCUT2D eigenvalue weighted by molar-refractivity contribution is -0.0472. The van der Waals surface area contributed by atoms with Crippen LogP contribution < -0.4 is 0 Å². The van der Waals surface area contributed by atoms with Crippen LogP contribution in [-0.2, 0) is 33.0 Å². The Morgan fingerprint density at radius 2 is 1.07 bits per heavy atom. The van der Waals surface area contributed by atoms with Crippen molar-refractivity contribution in [1.29, 1.82) is 0 Å². The molecule has 0 heterocycles. The van der Waals surface area contributed by atoms with Gasteiger partial charge in [0.2, 0.25) is 0 Å². The molecule has 0 aromatic heterocycles. The summed E-state index contributed by atoms with van der Waals surface area (Å²) in [5, 5.41) is 0. The average Bonchev–Trinajstić information content (AvgIpc) is 2.49. The van der Waals surface area contributed by atoms with Gasteiger partial charge in [0.1, 0.15) is 0 Å². The molecular weight excluding hydrogens is 462 g/mol. The van der Waals surface area contributed by atoms with Gasteiger partial charge in [0.05, 0.1) is 0 Å². The standard InChI is InChI=1S/C12H22F6O7S2Si/c1-4-23-28(24-5-2,25-6-3)9-7-8-10(26(19,20)11(13,14)15)27(21,22)12(16,17)18/h10H,4-9H2,1-3H3. The maximum absolute atomic E-state index is 12.7. The van der Waals surface area contributed by atoms with E-state index in [4.69, 9.17) is 13.3 Å². The Bertz CT molecular complexity index is 629. The van der Waals surface area contributed by atoms with Crippen molar-refractivity contribution in [2.75, 3.05) is 19.8 Å². The van der Waals surface area contributed by atoms with Crippen LogP contribution in [0.4, 0.5) is 26.3 Å². The van der Waals surface area contributed by atoms with E-state index in [0.29, 0.717) is 0 Å². The van der Waals surface area contributed by atoms with Crippen LogP contribution in [0.3, 0.4) is 0 Å². The average molecular weight is 485 g/mol. The number of hydrogen-bond acceptors (Lipinski definition) is 7. The molecule has 0 aliphatic carbocycles. The summed E-state index contributed by atoms with van der Waals surface area (Å²) >= 11 is 0. The molecule has 0 saturated carbocycles. The van der Waals surface area contributed by atoms with E-state index >= 15 is 0 Å². The van der Waals surface area contributed by atoms with Crippen molar-refractivity contribution in [3.05, 3.63) is 0 Å². The quantitative estimate of drug-likeness (QED) is 0.310. The van der Waals surface area contributed by atoms with E-state index in [1.807, 2.05) is 0 Å². The lowest BCUT2D eigenvalue weighted by atomic mass is 10.4. The second-order valence-corrected chi connectivity index (χ2v) is 12.6. The number of sulfone groups is 2. The van der Waals surface area contributed by atoms with Gasteiger partial charge >= 0.3 is 19.8 Å². The van der Waals surface area contributed by atoms with Crippen LogP contribution in [0, 0.1) is 0 Å². The summed E-state index contributed by atoms with van der Waals surface area (Å²) < 4.78 is 135. The van der Waals surface area contributed by atoms with Crippen LogP contribution in [0.5, 0.6) is 0 Å². The van der Waals surface area contributed by atoms with Crippen LogP contribution in [0.2, 0.25) is 6.04 Å². The summed E-state index contributed by atoms with van der Waals surface area (Å²) in [6, 6.07) is -0.361.